The number of carboxylic acid groups (broad SMARTS) is 1. The van der Waals surface area contributed by atoms with Crippen molar-refractivity contribution in [2.75, 3.05) is 0 Å². The van der Waals surface area contributed by atoms with Crippen LogP contribution < -0.4 is 0 Å². The number of rotatable bonds is 3. The molecule has 0 unspecified atom stereocenters. The molecule has 1 fully saturated rings. The van der Waals surface area contributed by atoms with Crippen LogP contribution in [0.4, 0.5) is 0 Å². The van der Waals surface area contributed by atoms with Gasteiger partial charge < -0.3 is 5.11 Å². The van der Waals surface area contributed by atoms with Gasteiger partial charge >= 0.3 is 5.97 Å². The van der Waals surface area contributed by atoms with Crippen LogP contribution >= 0.6 is 0 Å². The molecule has 4 nitrogen and oxygen atoms in total. The van der Waals surface area contributed by atoms with E-state index in [1.54, 1.807) is 24.4 Å². The molecule has 1 N–H and O–H groups in total. The second-order valence-corrected chi connectivity index (χ2v) is 5.15. The highest BCUT2D eigenvalue weighted by atomic mass is 16.4. The van der Waals surface area contributed by atoms with Gasteiger partial charge in [0.1, 0.15) is 0 Å². The first-order chi connectivity index (χ1) is 9.09. The normalized spacial score (nSPS) is 23.8. The van der Waals surface area contributed by atoms with Crippen molar-refractivity contribution in [3.63, 3.8) is 0 Å². The summed E-state index contributed by atoms with van der Waals surface area (Å²) < 4.78 is 0. The summed E-state index contributed by atoms with van der Waals surface area (Å²) in [5.74, 6) is -0.915. The largest absolute Gasteiger partial charge is 0.478 e. The maximum atomic E-state index is 11.1. The Morgan fingerprint density at radius 2 is 1.95 bits per heavy atom. The lowest BCUT2D eigenvalue weighted by molar-refractivity contribution is 0.0696. The summed E-state index contributed by atoms with van der Waals surface area (Å²) >= 11 is 0. The highest BCUT2D eigenvalue weighted by Gasteiger charge is 2.22. The van der Waals surface area contributed by atoms with E-state index in [1.807, 2.05) is 6.07 Å². The number of piperidine rings is 1. The Morgan fingerprint density at radius 1 is 1.32 bits per heavy atom. The number of aromatic carboxylic acids is 1. The number of hydrazone groups is 1. The third-order valence-electron chi connectivity index (χ3n) is 3.67. The monoisotopic (exact) mass is 260 g/mol. The highest BCUT2D eigenvalue weighted by molar-refractivity contribution is 5.98. The van der Waals surface area contributed by atoms with Crippen molar-refractivity contribution in [1.29, 1.82) is 0 Å². The van der Waals surface area contributed by atoms with Crippen molar-refractivity contribution in [3.05, 3.63) is 35.4 Å². The zero-order valence-electron chi connectivity index (χ0n) is 11.4. The third kappa shape index (κ3) is 3.13. The summed E-state index contributed by atoms with van der Waals surface area (Å²) in [6, 6.07) is 7.77. The molecule has 0 spiro atoms. The van der Waals surface area contributed by atoms with Crippen molar-refractivity contribution in [1.82, 2.24) is 5.01 Å². The summed E-state index contributed by atoms with van der Waals surface area (Å²) in [5.41, 5.74) is 0.948. The maximum Gasteiger partial charge on any atom is 0.336 e. The molecular weight excluding hydrogens is 240 g/mol. The highest BCUT2D eigenvalue weighted by Crippen LogP contribution is 2.22. The quantitative estimate of drug-likeness (QED) is 0.850. The molecular formula is C15H20N2O2. The van der Waals surface area contributed by atoms with Crippen LogP contribution in [-0.2, 0) is 0 Å². The van der Waals surface area contributed by atoms with Crippen LogP contribution in [0, 0.1) is 0 Å². The van der Waals surface area contributed by atoms with Crippen molar-refractivity contribution in [2.45, 2.75) is 45.2 Å². The van der Waals surface area contributed by atoms with Gasteiger partial charge in [-0.3, -0.25) is 5.01 Å². The van der Waals surface area contributed by atoms with Crippen LogP contribution in [-0.4, -0.2) is 34.4 Å². The van der Waals surface area contributed by atoms with Crippen LogP contribution in [0.15, 0.2) is 29.4 Å². The Morgan fingerprint density at radius 3 is 2.58 bits per heavy atom. The summed E-state index contributed by atoms with van der Waals surface area (Å²) in [7, 11) is 0. The minimum Gasteiger partial charge on any atom is -0.478 e. The molecule has 1 aromatic rings. The summed E-state index contributed by atoms with van der Waals surface area (Å²) in [5, 5.41) is 15.7. The molecule has 1 heterocycles. The van der Waals surface area contributed by atoms with Gasteiger partial charge in [-0.25, -0.2) is 4.79 Å². The van der Waals surface area contributed by atoms with Crippen molar-refractivity contribution >= 4 is 12.2 Å². The summed E-state index contributed by atoms with van der Waals surface area (Å²) in [4.78, 5) is 11.1. The van der Waals surface area contributed by atoms with Crippen molar-refractivity contribution < 1.29 is 9.90 Å². The molecule has 1 aliphatic heterocycles. The van der Waals surface area contributed by atoms with Gasteiger partial charge in [-0.05, 0) is 39.2 Å². The summed E-state index contributed by atoms with van der Waals surface area (Å²) in [6.45, 7) is 4.33. The van der Waals surface area contributed by atoms with E-state index < -0.39 is 5.97 Å². The first kappa shape index (κ1) is 13.6. The number of nitrogens with zero attached hydrogens (tertiary/aromatic N) is 2. The molecule has 2 atom stereocenters. The van der Waals surface area contributed by atoms with E-state index in [9.17, 15) is 4.79 Å². The molecule has 102 valence electrons. The lowest BCUT2D eigenvalue weighted by Gasteiger charge is -2.36. The predicted molar refractivity (Wildman–Crippen MR) is 75.6 cm³/mol. The Bertz CT molecular complexity index is 475. The van der Waals surface area contributed by atoms with Crippen LogP contribution in [0.3, 0.4) is 0 Å². The van der Waals surface area contributed by atoms with Crippen LogP contribution in [0.1, 0.15) is 49.0 Å². The zero-order valence-corrected chi connectivity index (χ0v) is 11.4. The minimum atomic E-state index is -0.915. The van der Waals surface area contributed by atoms with Gasteiger partial charge in [0.25, 0.3) is 0 Å². The topological polar surface area (TPSA) is 52.9 Å². The van der Waals surface area contributed by atoms with E-state index in [-0.39, 0.29) is 0 Å². The number of benzene rings is 1. The molecule has 2 rings (SSSR count). The van der Waals surface area contributed by atoms with Crippen LogP contribution in [0.25, 0.3) is 0 Å². The van der Waals surface area contributed by atoms with Crippen molar-refractivity contribution in [3.8, 4) is 0 Å². The molecule has 0 radical (unpaired) electrons. The molecule has 1 saturated heterocycles. The van der Waals surface area contributed by atoms with E-state index in [0.717, 1.165) is 12.8 Å². The third-order valence-corrected chi connectivity index (χ3v) is 3.67. The van der Waals surface area contributed by atoms with Gasteiger partial charge in [-0.15, -0.1) is 0 Å². The number of hydrogen-bond donors (Lipinski definition) is 1. The molecule has 0 bridgehead atoms. The molecule has 0 aromatic heterocycles. The molecule has 0 aliphatic carbocycles. The second kappa shape index (κ2) is 5.87. The maximum absolute atomic E-state index is 11.1. The average molecular weight is 260 g/mol. The molecule has 1 aromatic carbocycles. The van der Waals surface area contributed by atoms with Gasteiger partial charge in [0.15, 0.2) is 0 Å². The number of carbonyl (C=O) groups is 1. The smallest absolute Gasteiger partial charge is 0.336 e. The van der Waals surface area contributed by atoms with E-state index in [1.165, 1.54) is 6.42 Å². The predicted octanol–water partition coefficient (Wildman–Crippen LogP) is 2.98. The first-order valence-electron chi connectivity index (χ1n) is 6.74. The standard InChI is InChI=1S/C15H20N2O2/c1-11-6-5-7-12(2)17(11)16-10-13-8-3-4-9-14(13)15(18)19/h3-4,8-12H,5-7H2,1-2H3,(H,18,19)/b16-10-/t11-,12-/m0/s1. The van der Waals surface area contributed by atoms with Crippen molar-refractivity contribution in [2.24, 2.45) is 5.10 Å². The van der Waals surface area contributed by atoms with Crippen LogP contribution in [0.2, 0.25) is 0 Å². The Hall–Kier alpha value is -1.84. The summed E-state index contributed by atoms with van der Waals surface area (Å²) in [6.07, 6.45) is 5.19. The number of carboxylic acids is 1. The Balaban J connectivity index is 2.20. The van der Waals surface area contributed by atoms with E-state index in [0.29, 0.717) is 23.2 Å². The molecule has 1 aliphatic rings. The average Bonchev–Trinajstić information content (AvgIpc) is 2.38. The van der Waals surface area contributed by atoms with Gasteiger partial charge in [-0.1, -0.05) is 18.2 Å². The molecule has 19 heavy (non-hydrogen) atoms. The fraction of sp³-hybridized carbons (Fsp3) is 0.467. The Kier molecular flexibility index (Phi) is 4.20. The van der Waals surface area contributed by atoms with Gasteiger partial charge in [0.2, 0.25) is 0 Å². The zero-order chi connectivity index (χ0) is 13.8. The van der Waals surface area contributed by atoms with Crippen LogP contribution in [0.5, 0.6) is 0 Å². The lowest BCUT2D eigenvalue weighted by atomic mass is 10.00. The Labute approximate surface area is 113 Å². The molecule has 0 saturated carbocycles. The van der Waals surface area contributed by atoms with Gasteiger partial charge in [0, 0.05) is 17.6 Å². The molecule has 4 heteroatoms. The fourth-order valence-electron chi connectivity index (χ4n) is 2.57. The lowest BCUT2D eigenvalue weighted by Crippen LogP contribution is -2.39. The molecule has 0 amide bonds. The first-order valence-corrected chi connectivity index (χ1v) is 6.74. The number of hydrogen-bond acceptors (Lipinski definition) is 3. The fourth-order valence-corrected chi connectivity index (χ4v) is 2.57. The van der Waals surface area contributed by atoms with E-state index in [4.69, 9.17) is 5.11 Å². The minimum absolute atomic E-state index is 0.295. The van der Waals surface area contributed by atoms with E-state index in [2.05, 4.69) is 24.0 Å². The van der Waals surface area contributed by atoms with Gasteiger partial charge in [-0.2, -0.15) is 5.10 Å². The second-order valence-electron chi connectivity index (χ2n) is 5.15. The van der Waals surface area contributed by atoms with Gasteiger partial charge in [0.05, 0.1) is 11.8 Å². The SMILES string of the molecule is C[C@H]1CCC[C@H](C)N1/N=C\c1ccccc1C(=O)O. The van der Waals surface area contributed by atoms with E-state index >= 15 is 0 Å².